The normalized spacial score (nSPS) is 30.6. The maximum Gasteiger partial charge on any atom is 0.330 e. The van der Waals surface area contributed by atoms with Gasteiger partial charge in [0.2, 0.25) is 5.91 Å². The average Bonchev–Trinajstić information content (AvgIpc) is 3.03. The summed E-state index contributed by atoms with van der Waals surface area (Å²) in [6.45, 7) is 7.98. The van der Waals surface area contributed by atoms with Gasteiger partial charge < -0.3 is 19.9 Å². The molecule has 0 aromatic rings. The van der Waals surface area contributed by atoms with Gasteiger partial charge in [0.05, 0.1) is 12.2 Å². The molecular formula is C18H31NO5. The minimum Gasteiger partial charge on any atom is -0.479 e. The van der Waals surface area contributed by atoms with Crippen LogP contribution in [0.3, 0.4) is 0 Å². The summed E-state index contributed by atoms with van der Waals surface area (Å²) in [5, 5.41) is 12.6. The van der Waals surface area contributed by atoms with Gasteiger partial charge in [0.15, 0.2) is 0 Å². The third-order valence-electron chi connectivity index (χ3n) is 5.79. The lowest BCUT2D eigenvalue weighted by atomic mass is 9.54. The van der Waals surface area contributed by atoms with E-state index in [0.717, 1.165) is 25.7 Å². The highest BCUT2D eigenvalue weighted by atomic mass is 16.5. The Labute approximate surface area is 144 Å². The fourth-order valence-corrected chi connectivity index (χ4v) is 3.93. The van der Waals surface area contributed by atoms with Crippen LogP contribution in [-0.4, -0.2) is 47.4 Å². The molecule has 2 rings (SSSR count). The van der Waals surface area contributed by atoms with E-state index in [0.29, 0.717) is 13.0 Å². The SMILES string of the molecule is CCOC1CC(NC(=O)C(CC)OC2CCCC2)(C(=O)O)C1(C)C. The topological polar surface area (TPSA) is 84.9 Å². The number of carboxylic acids is 1. The first-order chi connectivity index (χ1) is 11.3. The van der Waals surface area contributed by atoms with Gasteiger partial charge >= 0.3 is 5.97 Å². The van der Waals surface area contributed by atoms with Gasteiger partial charge in [-0.15, -0.1) is 0 Å². The van der Waals surface area contributed by atoms with Crippen LogP contribution in [0.4, 0.5) is 0 Å². The van der Waals surface area contributed by atoms with E-state index in [1.165, 1.54) is 0 Å². The third kappa shape index (κ3) is 3.31. The molecule has 0 bridgehead atoms. The molecule has 0 spiro atoms. The number of carbonyl (C=O) groups is 2. The molecule has 2 fully saturated rings. The molecule has 6 heteroatoms. The molecule has 2 aliphatic rings. The number of hydrogen-bond donors (Lipinski definition) is 2. The van der Waals surface area contributed by atoms with Crippen molar-refractivity contribution in [1.82, 2.24) is 5.32 Å². The number of carboxylic acid groups (broad SMARTS) is 1. The first kappa shape index (κ1) is 19.2. The van der Waals surface area contributed by atoms with Crippen molar-refractivity contribution in [3.63, 3.8) is 0 Å². The number of rotatable bonds is 8. The fraction of sp³-hybridized carbons (Fsp3) is 0.889. The molecule has 0 aliphatic heterocycles. The summed E-state index contributed by atoms with van der Waals surface area (Å²) in [4.78, 5) is 24.6. The molecule has 1 amide bonds. The van der Waals surface area contributed by atoms with Crippen LogP contribution in [0, 0.1) is 5.41 Å². The van der Waals surface area contributed by atoms with Crippen molar-refractivity contribution in [1.29, 1.82) is 0 Å². The second-order valence-corrected chi connectivity index (χ2v) is 7.51. The van der Waals surface area contributed by atoms with Crippen LogP contribution in [-0.2, 0) is 19.1 Å². The Hall–Kier alpha value is -1.14. The molecule has 2 N–H and O–H groups in total. The van der Waals surface area contributed by atoms with Crippen molar-refractivity contribution in [3.8, 4) is 0 Å². The van der Waals surface area contributed by atoms with Crippen molar-refractivity contribution >= 4 is 11.9 Å². The number of nitrogens with one attached hydrogen (secondary N) is 1. The molecule has 24 heavy (non-hydrogen) atoms. The number of hydrogen-bond acceptors (Lipinski definition) is 4. The fourth-order valence-electron chi connectivity index (χ4n) is 3.93. The van der Waals surface area contributed by atoms with Crippen LogP contribution in [0.15, 0.2) is 0 Å². The number of aliphatic carboxylic acids is 1. The van der Waals surface area contributed by atoms with E-state index in [2.05, 4.69) is 5.32 Å². The van der Waals surface area contributed by atoms with Crippen LogP contribution in [0.5, 0.6) is 0 Å². The molecule has 0 radical (unpaired) electrons. The molecule has 2 saturated carbocycles. The predicted octanol–water partition coefficient (Wildman–Crippen LogP) is 2.50. The summed E-state index contributed by atoms with van der Waals surface area (Å²) in [5.41, 5.74) is -1.97. The Morgan fingerprint density at radius 3 is 2.33 bits per heavy atom. The lowest BCUT2D eigenvalue weighted by Gasteiger charge is -2.58. The van der Waals surface area contributed by atoms with Gasteiger partial charge in [0, 0.05) is 18.4 Å². The van der Waals surface area contributed by atoms with Crippen molar-refractivity contribution < 1.29 is 24.2 Å². The zero-order valence-corrected chi connectivity index (χ0v) is 15.3. The van der Waals surface area contributed by atoms with E-state index in [1.807, 2.05) is 27.7 Å². The molecule has 6 nitrogen and oxygen atoms in total. The van der Waals surface area contributed by atoms with Gasteiger partial charge in [-0.05, 0) is 26.2 Å². The molecule has 0 heterocycles. The van der Waals surface area contributed by atoms with Crippen molar-refractivity contribution in [2.45, 2.75) is 90.1 Å². The molecule has 2 aliphatic carbocycles. The summed E-state index contributed by atoms with van der Waals surface area (Å²) in [7, 11) is 0. The lowest BCUT2D eigenvalue weighted by Crippen LogP contribution is -2.76. The van der Waals surface area contributed by atoms with Gasteiger partial charge in [-0.25, -0.2) is 4.79 Å². The second kappa shape index (κ2) is 7.40. The number of carbonyl (C=O) groups excluding carboxylic acids is 1. The number of ether oxygens (including phenoxy) is 2. The summed E-state index contributed by atoms with van der Waals surface area (Å²) < 4.78 is 11.6. The standard InChI is InChI=1S/C18H31NO5/c1-5-13(24-12-9-7-8-10-12)15(20)19-18(16(21)22)11-14(23-6-2)17(18,3)4/h12-14H,5-11H2,1-4H3,(H,19,20)(H,21,22). The van der Waals surface area contributed by atoms with E-state index in [1.54, 1.807) is 0 Å². The minimum absolute atomic E-state index is 0.118. The maximum atomic E-state index is 12.7. The summed E-state index contributed by atoms with van der Waals surface area (Å²) in [5.74, 6) is -1.33. The third-order valence-corrected chi connectivity index (χ3v) is 5.79. The summed E-state index contributed by atoms with van der Waals surface area (Å²) in [6.07, 6.45) is 4.39. The molecular weight excluding hydrogens is 310 g/mol. The predicted molar refractivity (Wildman–Crippen MR) is 89.7 cm³/mol. The zero-order chi connectivity index (χ0) is 18.0. The van der Waals surface area contributed by atoms with Gasteiger partial charge in [0.25, 0.3) is 0 Å². The minimum atomic E-state index is -1.30. The lowest BCUT2D eigenvalue weighted by molar-refractivity contribution is -0.196. The summed E-state index contributed by atoms with van der Waals surface area (Å²) in [6, 6.07) is 0. The largest absolute Gasteiger partial charge is 0.479 e. The Kier molecular flexibility index (Phi) is 5.91. The van der Waals surface area contributed by atoms with Gasteiger partial charge in [-0.2, -0.15) is 0 Å². The maximum absolute atomic E-state index is 12.7. The van der Waals surface area contributed by atoms with E-state index < -0.39 is 23.0 Å². The van der Waals surface area contributed by atoms with Crippen molar-refractivity contribution in [2.75, 3.05) is 6.61 Å². The highest BCUT2D eigenvalue weighted by molar-refractivity contribution is 5.91. The second-order valence-electron chi connectivity index (χ2n) is 7.51. The van der Waals surface area contributed by atoms with Crippen molar-refractivity contribution in [2.24, 2.45) is 5.41 Å². The van der Waals surface area contributed by atoms with Crippen LogP contribution < -0.4 is 5.32 Å². The van der Waals surface area contributed by atoms with Gasteiger partial charge in [-0.1, -0.05) is 33.6 Å². The Morgan fingerprint density at radius 2 is 1.88 bits per heavy atom. The smallest absolute Gasteiger partial charge is 0.330 e. The quantitative estimate of drug-likeness (QED) is 0.708. The highest BCUT2D eigenvalue weighted by Crippen LogP contribution is 2.51. The van der Waals surface area contributed by atoms with Gasteiger partial charge in [-0.3, -0.25) is 4.79 Å². The summed E-state index contributed by atoms with van der Waals surface area (Å²) >= 11 is 0. The highest BCUT2D eigenvalue weighted by Gasteiger charge is 2.66. The monoisotopic (exact) mass is 341 g/mol. The number of amides is 1. The molecule has 0 aromatic heterocycles. The first-order valence-corrected chi connectivity index (χ1v) is 9.11. The van der Waals surface area contributed by atoms with E-state index in [4.69, 9.17) is 9.47 Å². The van der Waals surface area contributed by atoms with Gasteiger partial charge in [0.1, 0.15) is 11.6 Å². The Balaban J connectivity index is 2.07. The van der Waals surface area contributed by atoms with Crippen LogP contribution in [0.1, 0.15) is 66.2 Å². The first-order valence-electron chi connectivity index (χ1n) is 9.11. The van der Waals surface area contributed by atoms with Crippen LogP contribution in [0.2, 0.25) is 0 Å². The molecule has 138 valence electrons. The van der Waals surface area contributed by atoms with Crippen LogP contribution >= 0.6 is 0 Å². The zero-order valence-electron chi connectivity index (χ0n) is 15.3. The molecule has 3 unspecified atom stereocenters. The van der Waals surface area contributed by atoms with Crippen LogP contribution in [0.25, 0.3) is 0 Å². The Morgan fingerprint density at radius 1 is 1.25 bits per heavy atom. The van der Waals surface area contributed by atoms with E-state index in [-0.39, 0.29) is 24.5 Å². The van der Waals surface area contributed by atoms with E-state index in [9.17, 15) is 14.7 Å². The molecule has 3 atom stereocenters. The molecule has 0 saturated heterocycles. The van der Waals surface area contributed by atoms with Crippen molar-refractivity contribution in [3.05, 3.63) is 0 Å². The average molecular weight is 341 g/mol. The Bertz CT molecular complexity index is 472. The van der Waals surface area contributed by atoms with E-state index >= 15 is 0 Å². The molecule has 0 aromatic carbocycles.